The molecule has 114 valence electrons. The van der Waals surface area contributed by atoms with Crippen molar-refractivity contribution in [2.75, 3.05) is 44.2 Å². The van der Waals surface area contributed by atoms with E-state index in [4.69, 9.17) is 0 Å². The predicted molar refractivity (Wildman–Crippen MR) is 87.8 cm³/mol. The SMILES string of the molecule is C=CCNC(=O)CN1CCN(c2cccc(C)c2C)CC1. The van der Waals surface area contributed by atoms with Gasteiger partial charge in [0, 0.05) is 38.4 Å². The molecule has 1 saturated heterocycles. The molecule has 1 N–H and O–H groups in total. The van der Waals surface area contributed by atoms with Crippen LogP contribution in [0.3, 0.4) is 0 Å². The van der Waals surface area contributed by atoms with Gasteiger partial charge in [0.2, 0.25) is 5.91 Å². The molecular formula is C17H25N3O. The summed E-state index contributed by atoms with van der Waals surface area (Å²) in [6, 6.07) is 6.46. The number of hydrogen-bond donors (Lipinski definition) is 1. The second kappa shape index (κ2) is 7.27. The fourth-order valence-electron chi connectivity index (χ4n) is 2.67. The number of carbonyl (C=O) groups is 1. The third-order valence-corrected chi connectivity index (χ3v) is 4.10. The Hall–Kier alpha value is -1.81. The molecule has 0 unspecified atom stereocenters. The van der Waals surface area contributed by atoms with Crippen LogP contribution in [-0.2, 0) is 4.79 Å². The van der Waals surface area contributed by atoms with Crippen molar-refractivity contribution in [1.82, 2.24) is 10.2 Å². The van der Waals surface area contributed by atoms with Crippen molar-refractivity contribution < 1.29 is 4.79 Å². The highest BCUT2D eigenvalue weighted by molar-refractivity contribution is 5.78. The molecule has 0 radical (unpaired) electrons. The Labute approximate surface area is 127 Å². The summed E-state index contributed by atoms with van der Waals surface area (Å²) in [7, 11) is 0. The maximum atomic E-state index is 11.7. The van der Waals surface area contributed by atoms with Crippen molar-refractivity contribution >= 4 is 11.6 Å². The van der Waals surface area contributed by atoms with Gasteiger partial charge in [-0.3, -0.25) is 9.69 Å². The lowest BCUT2D eigenvalue weighted by Crippen LogP contribution is -2.49. The minimum atomic E-state index is 0.0788. The Bertz CT molecular complexity index is 505. The molecule has 0 aliphatic carbocycles. The molecule has 4 nitrogen and oxygen atoms in total. The van der Waals surface area contributed by atoms with Gasteiger partial charge in [-0.05, 0) is 31.0 Å². The van der Waals surface area contributed by atoms with Crippen LogP contribution in [0, 0.1) is 13.8 Å². The summed E-state index contributed by atoms with van der Waals surface area (Å²) in [5, 5.41) is 2.83. The first-order valence-corrected chi connectivity index (χ1v) is 7.53. The first-order valence-electron chi connectivity index (χ1n) is 7.53. The van der Waals surface area contributed by atoms with Gasteiger partial charge in [-0.15, -0.1) is 6.58 Å². The zero-order chi connectivity index (χ0) is 15.2. The van der Waals surface area contributed by atoms with Crippen LogP contribution in [0.15, 0.2) is 30.9 Å². The highest BCUT2D eigenvalue weighted by atomic mass is 16.2. The maximum absolute atomic E-state index is 11.7. The summed E-state index contributed by atoms with van der Waals surface area (Å²) in [6.07, 6.45) is 1.70. The Balaban J connectivity index is 1.87. The zero-order valence-electron chi connectivity index (χ0n) is 13.1. The molecule has 21 heavy (non-hydrogen) atoms. The minimum absolute atomic E-state index is 0.0788. The summed E-state index contributed by atoms with van der Waals surface area (Å²) in [5.74, 6) is 0.0788. The molecule has 2 rings (SSSR count). The van der Waals surface area contributed by atoms with Crippen LogP contribution in [-0.4, -0.2) is 50.1 Å². The molecule has 0 spiro atoms. The third-order valence-electron chi connectivity index (χ3n) is 4.10. The van der Waals surface area contributed by atoms with Crippen LogP contribution >= 0.6 is 0 Å². The van der Waals surface area contributed by atoms with Gasteiger partial charge < -0.3 is 10.2 Å². The number of aryl methyl sites for hydroxylation is 1. The summed E-state index contributed by atoms with van der Waals surface area (Å²) in [6.45, 7) is 12.8. The van der Waals surface area contributed by atoms with Crippen LogP contribution in [0.4, 0.5) is 5.69 Å². The Morgan fingerprint density at radius 3 is 2.67 bits per heavy atom. The number of benzene rings is 1. The van der Waals surface area contributed by atoms with Crippen molar-refractivity contribution in [3.63, 3.8) is 0 Å². The molecule has 0 bridgehead atoms. The van der Waals surface area contributed by atoms with Gasteiger partial charge in [0.15, 0.2) is 0 Å². The maximum Gasteiger partial charge on any atom is 0.234 e. The number of nitrogens with zero attached hydrogens (tertiary/aromatic N) is 2. The van der Waals surface area contributed by atoms with E-state index in [1.54, 1.807) is 6.08 Å². The van der Waals surface area contributed by atoms with E-state index in [9.17, 15) is 4.79 Å². The Morgan fingerprint density at radius 2 is 2.00 bits per heavy atom. The number of nitrogens with one attached hydrogen (secondary N) is 1. The standard InChI is InChI=1S/C17H25N3O/c1-4-8-18-17(21)13-19-9-11-20(12-10-19)16-7-5-6-14(2)15(16)3/h4-7H,1,8-13H2,2-3H3,(H,18,21). The van der Waals surface area contributed by atoms with Crippen molar-refractivity contribution in [3.8, 4) is 0 Å². The fraction of sp³-hybridized carbons (Fsp3) is 0.471. The number of anilines is 1. The topological polar surface area (TPSA) is 35.6 Å². The summed E-state index contributed by atoms with van der Waals surface area (Å²) in [4.78, 5) is 16.3. The molecule has 0 aromatic heterocycles. The van der Waals surface area contributed by atoms with E-state index in [-0.39, 0.29) is 5.91 Å². The Kier molecular flexibility index (Phi) is 5.39. The van der Waals surface area contributed by atoms with Crippen LogP contribution in [0.5, 0.6) is 0 Å². The first-order chi connectivity index (χ1) is 10.1. The molecule has 1 aliphatic rings. The fourth-order valence-corrected chi connectivity index (χ4v) is 2.67. The molecule has 1 fully saturated rings. The van der Waals surface area contributed by atoms with Gasteiger partial charge in [0.25, 0.3) is 0 Å². The van der Waals surface area contributed by atoms with Gasteiger partial charge in [-0.1, -0.05) is 18.2 Å². The van der Waals surface area contributed by atoms with Crippen molar-refractivity contribution in [2.45, 2.75) is 13.8 Å². The second-order valence-electron chi connectivity index (χ2n) is 5.57. The minimum Gasteiger partial charge on any atom is -0.369 e. The monoisotopic (exact) mass is 287 g/mol. The van der Waals surface area contributed by atoms with Crippen molar-refractivity contribution in [3.05, 3.63) is 42.0 Å². The molecule has 1 aromatic carbocycles. The summed E-state index contributed by atoms with van der Waals surface area (Å²) >= 11 is 0. The van der Waals surface area contributed by atoms with E-state index in [1.165, 1.54) is 16.8 Å². The highest BCUT2D eigenvalue weighted by Crippen LogP contribution is 2.23. The smallest absolute Gasteiger partial charge is 0.234 e. The number of rotatable bonds is 5. The molecular weight excluding hydrogens is 262 g/mol. The van der Waals surface area contributed by atoms with E-state index in [0.29, 0.717) is 13.1 Å². The first kappa shape index (κ1) is 15.6. The molecule has 1 aliphatic heterocycles. The number of amides is 1. The average Bonchev–Trinajstić information content (AvgIpc) is 2.49. The quantitative estimate of drug-likeness (QED) is 0.838. The number of hydrogen-bond acceptors (Lipinski definition) is 3. The van der Waals surface area contributed by atoms with Crippen molar-refractivity contribution in [1.29, 1.82) is 0 Å². The lowest BCUT2D eigenvalue weighted by atomic mass is 10.1. The summed E-state index contributed by atoms with van der Waals surface area (Å²) < 4.78 is 0. The van der Waals surface area contributed by atoms with Crippen LogP contribution in [0.2, 0.25) is 0 Å². The van der Waals surface area contributed by atoms with Gasteiger partial charge in [-0.25, -0.2) is 0 Å². The van der Waals surface area contributed by atoms with Gasteiger partial charge in [-0.2, -0.15) is 0 Å². The van der Waals surface area contributed by atoms with Crippen molar-refractivity contribution in [2.24, 2.45) is 0 Å². The van der Waals surface area contributed by atoms with E-state index in [0.717, 1.165) is 26.2 Å². The van der Waals surface area contributed by atoms with Gasteiger partial charge >= 0.3 is 0 Å². The zero-order valence-corrected chi connectivity index (χ0v) is 13.1. The largest absolute Gasteiger partial charge is 0.369 e. The molecule has 4 heteroatoms. The number of carbonyl (C=O) groups excluding carboxylic acids is 1. The van der Waals surface area contributed by atoms with Gasteiger partial charge in [0.05, 0.1) is 6.54 Å². The molecule has 0 atom stereocenters. The summed E-state index contributed by atoms with van der Waals surface area (Å²) in [5.41, 5.74) is 4.01. The lowest BCUT2D eigenvalue weighted by molar-refractivity contribution is -0.122. The lowest BCUT2D eigenvalue weighted by Gasteiger charge is -2.36. The van der Waals surface area contributed by atoms with Crippen LogP contribution < -0.4 is 10.2 Å². The molecule has 1 heterocycles. The molecule has 1 amide bonds. The van der Waals surface area contributed by atoms with Gasteiger partial charge in [0.1, 0.15) is 0 Å². The number of piperazine rings is 1. The molecule has 1 aromatic rings. The van der Waals surface area contributed by atoms with E-state index < -0.39 is 0 Å². The second-order valence-corrected chi connectivity index (χ2v) is 5.57. The van der Waals surface area contributed by atoms with Crippen LogP contribution in [0.1, 0.15) is 11.1 Å². The third kappa shape index (κ3) is 4.08. The Morgan fingerprint density at radius 1 is 1.29 bits per heavy atom. The highest BCUT2D eigenvalue weighted by Gasteiger charge is 2.20. The molecule has 0 saturated carbocycles. The normalized spacial score (nSPS) is 15.8. The van der Waals surface area contributed by atoms with Crippen LogP contribution in [0.25, 0.3) is 0 Å². The van der Waals surface area contributed by atoms with E-state index in [2.05, 4.69) is 53.7 Å². The van der Waals surface area contributed by atoms with E-state index >= 15 is 0 Å². The predicted octanol–water partition coefficient (Wildman–Crippen LogP) is 1.73. The average molecular weight is 287 g/mol. The van der Waals surface area contributed by atoms with E-state index in [1.807, 2.05) is 0 Å².